The summed E-state index contributed by atoms with van der Waals surface area (Å²) in [5.74, 6) is 0.768. The maximum Gasteiger partial charge on any atom is 0.191 e. The van der Waals surface area contributed by atoms with Crippen molar-refractivity contribution in [3.63, 3.8) is 0 Å². The third kappa shape index (κ3) is 4.84. The van der Waals surface area contributed by atoms with Crippen LogP contribution in [0, 0.1) is 0 Å². The average molecular weight is 364 g/mol. The van der Waals surface area contributed by atoms with Gasteiger partial charge in [0.15, 0.2) is 5.11 Å². The highest BCUT2D eigenvalue weighted by Crippen LogP contribution is 2.20. The summed E-state index contributed by atoms with van der Waals surface area (Å²) in [7, 11) is 1.63. The number of thiocarbonyl (C=S) groups is 1. The Labute approximate surface area is 137 Å². The predicted molar refractivity (Wildman–Crippen MR) is 94.1 cm³/mol. The number of hydrogen-bond donors (Lipinski definition) is 2. The second kappa shape index (κ2) is 7.75. The van der Waals surface area contributed by atoms with Crippen LogP contribution >= 0.6 is 28.1 Å². The summed E-state index contributed by atoms with van der Waals surface area (Å²) in [6.45, 7) is 0. The van der Waals surface area contributed by atoms with Gasteiger partial charge < -0.3 is 10.1 Å². The first kappa shape index (κ1) is 15.5. The highest BCUT2D eigenvalue weighted by atomic mass is 79.9. The molecule has 6 heteroatoms. The van der Waals surface area contributed by atoms with Crippen LogP contribution in [-0.2, 0) is 0 Å². The Kier molecular flexibility index (Phi) is 5.71. The van der Waals surface area contributed by atoms with Gasteiger partial charge in [-0.3, -0.25) is 5.43 Å². The number of halogens is 1. The molecule has 0 spiro atoms. The molecule has 0 aliphatic heterocycles. The molecular formula is C15H14BrN3OS. The summed E-state index contributed by atoms with van der Waals surface area (Å²) in [4.78, 5) is 0. The van der Waals surface area contributed by atoms with Gasteiger partial charge in [0.05, 0.1) is 13.3 Å². The molecule has 0 radical (unpaired) electrons. The summed E-state index contributed by atoms with van der Waals surface area (Å²) in [6, 6.07) is 15.3. The molecule has 2 rings (SSSR count). The molecule has 0 heterocycles. The molecule has 0 fully saturated rings. The fourth-order valence-corrected chi connectivity index (χ4v) is 2.11. The number of nitrogens with zero attached hydrogens (tertiary/aromatic N) is 1. The van der Waals surface area contributed by atoms with Crippen LogP contribution in [0.4, 0.5) is 5.69 Å². The molecule has 0 atom stereocenters. The van der Waals surface area contributed by atoms with Crippen LogP contribution in [0.15, 0.2) is 58.1 Å². The number of nitrogens with one attached hydrogen (secondary N) is 2. The minimum absolute atomic E-state index is 0.427. The number of anilines is 1. The van der Waals surface area contributed by atoms with Crippen molar-refractivity contribution in [2.24, 2.45) is 5.10 Å². The number of ether oxygens (including phenoxy) is 1. The average Bonchev–Trinajstić information content (AvgIpc) is 2.50. The molecule has 21 heavy (non-hydrogen) atoms. The summed E-state index contributed by atoms with van der Waals surface area (Å²) in [5, 5.41) is 7.57. The van der Waals surface area contributed by atoms with E-state index in [0.29, 0.717) is 5.11 Å². The van der Waals surface area contributed by atoms with Gasteiger partial charge in [-0.2, -0.15) is 5.10 Å². The lowest BCUT2D eigenvalue weighted by molar-refractivity contribution is 0.414. The molecule has 0 saturated carbocycles. The smallest absolute Gasteiger partial charge is 0.191 e. The normalized spacial score (nSPS) is 10.4. The van der Waals surface area contributed by atoms with Gasteiger partial charge in [-0.15, -0.1) is 0 Å². The van der Waals surface area contributed by atoms with Gasteiger partial charge in [-0.1, -0.05) is 34.1 Å². The molecule has 0 bridgehead atoms. The lowest BCUT2D eigenvalue weighted by Crippen LogP contribution is -2.23. The first-order valence-electron chi connectivity index (χ1n) is 6.17. The van der Waals surface area contributed by atoms with Crippen molar-refractivity contribution in [3.05, 3.63) is 58.6 Å². The van der Waals surface area contributed by atoms with E-state index in [1.807, 2.05) is 48.5 Å². The molecule has 0 aliphatic carbocycles. The summed E-state index contributed by atoms with van der Waals surface area (Å²) in [5.41, 5.74) is 4.58. The first-order chi connectivity index (χ1) is 10.2. The van der Waals surface area contributed by atoms with Crippen molar-refractivity contribution in [2.45, 2.75) is 0 Å². The zero-order chi connectivity index (χ0) is 15.1. The van der Waals surface area contributed by atoms with Crippen LogP contribution in [0.2, 0.25) is 0 Å². The van der Waals surface area contributed by atoms with Gasteiger partial charge in [0.2, 0.25) is 0 Å². The van der Waals surface area contributed by atoms with Crippen LogP contribution in [-0.4, -0.2) is 18.4 Å². The molecule has 0 aromatic heterocycles. The van der Waals surface area contributed by atoms with E-state index in [0.717, 1.165) is 21.5 Å². The van der Waals surface area contributed by atoms with Gasteiger partial charge >= 0.3 is 0 Å². The van der Waals surface area contributed by atoms with E-state index in [2.05, 4.69) is 31.8 Å². The Morgan fingerprint density at radius 1 is 1.24 bits per heavy atom. The molecule has 2 N–H and O–H groups in total. The van der Waals surface area contributed by atoms with Gasteiger partial charge in [0.1, 0.15) is 5.75 Å². The Bertz CT molecular complexity index is 647. The molecule has 4 nitrogen and oxygen atoms in total. The summed E-state index contributed by atoms with van der Waals surface area (Å²) < 4.78 is 6.10. The van der Waals surface area contributed by atoms with Crippen LogP contribution in [0.25, 0.3) is 0 Å². The Morgan fingerprint density at radius 3 is 2.71 bits per heavy atom. The molecule has 2 aromatic rings. The second-order valence-corrected chi connectivity index (χ2v) is 5.34. The van der Waals surface area contributed by atoms with Crippen molar-refractivity contribution in [2.75, 3.05) is 12.4 Å². The van der Waals surface area contributed by atoms with E-state index < -0.39 is 0 Å². The van der Waals surface area contributed by atoms with Crippen molar-refractivity contribution in [3.8, 4) is 5.75 Å². The minimum Gasteiger partial charge on any atom is -0.497 e. The Balaban J connectivity index is 1.94. The molecule has 0 saturated heterocycles. The van der Waals surface area contributed by atoms with Crippen molar-refractivity contribution in [1.29, 1.82) is 0 Å². The molecular weight excluding hydrogens is 350 g/mol. The fraction of sp³-hybridized carbons (Fsp3) is 0.0667. The van der Waals surface area contributed by atoms with E-state index in [-0.39, 0.29) is 0 Å². The van der Waals surface area contributed by atoms with E-state index >= 15 is 0 Å². The van der Waals surface area contributed by atoms with Crippen LogP contribution in [0.3, 0.4) is 0 Å². The third-order valence-corrected chi connectivity index (χ3v) is 3.52. The number of hydrogen-bond acceptors (Lipinski definition) is 3. The van der Waals surface area contributed by atoms with Crippen LogP contribution in [0.5, 0.6) is 5.75 Å². The van der Waals surface area contributed by atoms with E-state index in [9.17, 15) is 0 Å². The van der Waals surface area contributed by atoms with Crippen LogP contribution < -0.4 is 15.5 Å². The lowest BCUT2D eigenvalue weighted by Gasteiger charge is -2.06. The van der Waals surface area contributed by atoms with E-state index in [4.69, 9.17) is 17.0 Å². The van der Waals surface area contributed by atoms with Gasteiger partial charge in [0, 0.05) is 15.7 Å². The lowest BCUT2D eigenvalue weighted by atomic mass is 10.2. The Hall–Kier alpha value is -1.92. The number of methoxy groups -OCH3 is 1. The van der Waals surface area contributed by atoms with Gasteiger partial charge in [-0.05, 0) is 42.5 Å². The van der Waals surface area contributed by atoms with E-state index in [1.165, 1.54) is 0 Å². The monoisotopic (exact) mass is 363 g/mol. The standard InChI is InChI=1S/C15H14BrN3OS/c1-20-13-7-8-14(16)11(9-13)10-17-19-15(21)18-12-5-3-2-4-6-12/h2-10H,1H3,(H2,18,19,21)/b17-10+. The zero-order valence-electron chi connectivity index (χ0n) is 11.3. The quantitative estimate of drug-likeness (QED) is 0.493. The van der Waals surface area contributed by atoms with Crippen molar-refractivity contribution in [1.82, 2.24) is 5.43 Å². The highest BCUT2D eigenvalue weighted by Gasteiger charge is 2.00. The topological polar surface area (TPSA) is 45.6 Å². The number of benzene rings is 2. The Morgan fingerprint density at radius 2 is 2.00 bits per heavy atom. The number of para-hydroxylation sites is 1. The first-order valence-corrected chi connectivity index (χ1v) is 7.38. The number of hydrazone groups is 1. The largest absolute Gasteiger partial charge is 0.497 e. The maximum absolute atomic E-state index is 5.18. The predicted octanol–water partition coefficient (Wildman–Crippen LogP) is 3.78. The summed E-state index contributed by atoms with van der Waals surface area (Å²) >= 11 is 8.62. The molecule has 108 valence electrons. The van der Waals surface area contributed by atoms with Crippen molar-refractivity contribution < 1.29 is 4.74 Å². The SMILES string of the molecule is COc1ccc(Br)c(/C=N/NC(=S)Nc2ccccc2)c1. The maximum atomic E-state index is 5.18. The van der Waals surface area contributed by atoms with Crippen LogP contribution in [0.1, 0.15) is 5.56 Å². The fourth-order valence-electron chi connectivity index (χ4n) is 1.59. The molecule has 0 aliphatic rings. The second-order valence-electron chi connectivity index (χ2n) is 4.08. The van der Waals surface area contributed by atoms with E-state index in [1.54, 1.807) is 13.3 Å². The molecule has 0 amide bonds. The number of rotatable bonds is 4. The molecule has 2 aromatic carbocycles. The van der Waals surface area contributed by atoms with Crippen molar-refractivity contribution >= 4 is 45.2 Å². The summed E-state index contributed by atoms with van der Waals surface area (Å²) in [6.07, 6.45) is 1.67. The molecule has 0 unspecified atom stereocenters. The van der Waals surface area contributed by atoms with Gasteiger partial charge in [-0.25, -0.2) is 0 Å². The van der Waals surface area contributed by atoms with Gasteiger partial charge in [0.25, 0.3) is 0 Å². The zero-order valence-corrected chi connectivity index (χ0v) is 13.7. The highest BCUT2D eigenvalue weighted by molar-refractivity contribution is 9.10. The minimum atomic E-state index is 0.427. The third-order valence-electron chi connectivity index (χ3n) is 2.60.